The number of carbonyl (C=O) groups excluding carboxylic acids is 1. The van der Waals surface area contributed by atoms with E-state index >= 15 is 0 Å². The van der Waals surface area contributed by atoms with E-state index in [9.17, 15) is 23.3 Å². The van der Waals surface area contributed by atoms with Crippen LogP contribution in [0.1, 0.15) is 38.5 Å². The molecule has 9 heteroatoms. The van der Waals surface area contributed by atoms with E-state index in [1.54, 1.807) is 0 Å². The van der Waals surface area contributed by atoms with Crippen molar-refractivity contribution in [1.29, 1.82) is 0 Å². The van der Waals surface area contributed by atoms with E-state index < -0.39 is 40.1 Å². The van der Waals surface area contributed by atoms with Crippen LogP contribution in [0.5, 0.6) is 0 Å². The van der Waals surface area contributed by atoms with Crippen molar-refractivity contribution in [3.8, 4) is 0 Å². The van der Waals surface area contributed by atoms with Gasteiger partial charge in [-0.15, -0.1) is 0 Å². The maximum absolute atomic E-state index is 11.7. The third-order valence-electron chi connectivity index (χ3n) is 2.91. The Hall–Kier alpha value is -1.22. The van der Waals surface area contributed by atoms with Gasteiger partial charge in [0.2, 0.25) is 12.5 Å². The SMILES string of the molecule is O=C(CC[N+](=O)[O-])N(C1CCCCC1)S(=O)(=O)O. The van der Waals surface area contributed by atoms with Crippen LogP contribution in [0.25, 0.3) is 0 Å². The highest BCUT2D eigenvalue weighted by Gasteiger charge is 2.34. The highest BCUT2D eigenvalue weighted by molar-refractivity contribution is 7.84. The molecule has 1 aliphatic rings. The lowest BCUT2D eigenvalue weighted by atomic mass is 9.95. The molecule has 1 N–H and O–H groups in total. The number of nitro groups is 1. The van der Waals surface area contributed by atoms with Gasteiger partial charge in [0.1, 0.15) is 0 Å². The summed E-state index contributed by atoms with van der Waals surface area (Å²) in [6.45, 7) is -0.641. The fourth-order valence-corrected chi connectivity index (χ4v) is 3.07. The summed E-state index contributed by atoms with van der Waals surface area (Å²) in [4.78, 5) is 21.2. The average Bonchev–Trinajstić information content (AvgIpc) is 2.26. The first-order chi connectivity index (χ1) is 8.32. The largest absolute Gasteiger partial charge is 0.362 e. The molecule has 0 heterocycles. The van der Waals surface area contributed by atoms with Gasteiger partial charge in [0.15, 0.2) is 0 Å². The molecule has 0 aromatic rings. The molecular weight excluding hydrogens is 264 g/mol. The van der Waals surface area contributed by atoms with Crippen molar-refractivity contribution >= 4 is 16.2 Å². The van der Waals surface area contributed by atoms with Gasteiger partial charge in [0, 0.05) is 4.92 Å². The lowest BCUT2D eigenvalue weighted by Gasteiger charge is -2.30. The molecule has 1 amide bonds. The van der Waals surface area contributed by atoms with E-state index in [4.69, 9.17) is 4.55 Å². The molecule has 0 aromatic heterocycles. The fourth-order valence-electron chi connectivity index (χ4n) is 2.13. The Labute approximate surface area is 105 Å². The van der Waals surface area contributed by atoms with E-state index in [-0.39, 0.29) is 0 Å². The second kappa shape index (κ2) is 6.10. The minimum atomic E-state index is -4.65. The Kier molecular flexibility index (Phi) is 5.03. The first-order valence-electron chi connectivity index (χ1n) is 5.74. The summed E-state index contributed by atoms with van der Waals surface area (Å²) in [5, 5.41) is 10.2. The molecule has 0 saturated heterocycles. The summed E-state index contributed by atoms with van der Waals surface area (Å²) in [6, 6.07) is -0.576. The zero-order valence-corrected chi connectivity index (χ0v) is 10.6. The topological polar surface area (TPSA) is 118 Å². The normalized spacial score (nSPS) is 17.4. The van der Waals surface area contributed by atoms with E-state index in [1.807, 2.05) is 0 Å². The number of rotatable bonds is 5. The Balaban J connectivity index is 2.78. The van der Waals surface area contributed by atoms with Gasteiger partial charge < -0.3 is 0 Å². The lowest BCUT2D eigenvalue weighted by molar-refractivity contribution is -0.478. The molecular formula is C9H16N2O6S. The predicted octanol–water partition coefficient (Wildman–Crippen LogP) is 0.617. The third-order valence-corrected chi connectivity index (χ3v) is 3.91. The summed E-state index contributed by atoms with van der Waals surface area (Å²) in [6.07, 6.45) is 2.97. The van der Waals surface area contributed by atoms with Gasteiger partial charge >= 0.3 is 10.3 Å². The van der Waals surface area contributed by atoms with Crippen LogP contribution in [-0.4, -0.2) is 40.7 Å². The minimum Gasteiger partial charge on any atom is -0.273 e. The summed E-state index contributed by atoms with van der Waals surface area (Å²) < 4.78 is 31.9. The maximum Gasteiger partial charge on any atom is 0.362 e. The van der Waals surface area contributed by atoms with Crippen LogP contribution < -0.4 is 0 Å². The van der Waals surface area contributed by atoms with Crippen molar-refractivity contribution in [1.82, 2.24) is 4.31 Å². The van der Waals surface area contributed by atoms with E-state index in [0.29, 0.717) is 17.1 Å². The number of nitrogens with zero attached hydrogens (tertiary/aromatic N) is 2. The van der Waals surface area contributed by atoms with Crippen molar-refractivity contribution in [3.05, 3.63) is 10.1 Å². The molecule has 0 radical (unpaired) electrons. The molecule has 0 atom stereocenters. The number of hydrogen-bond donors (Lipinski definition) is 1. The highest BCUT2D eigenvalue weighted by atomic mass is 32.2. The molecule has 1 fully saturated rings. The summed E-state index contributed by atoms with van der Waals surface area (Å²) >= 11 is 0. The zero-order chi connectivity index (χ0) is 13.8. The second-order valence-corrected chi connectivity index (χ2v) is 5.55. The van der Waals surface area contributed by atoms with Crippen LogP contribution in [0.2, 0.25) is 0 Å². The molecule has 1 aliphatic carbocycles. The number of hydrogen-bond acceptors (Lipinski definition) is 5. The first kappa shape index (κ1) is 14.8. The van der Waals surface area contributed by atoms with Gasteiger partial charge in [-0.1, -0.05) is 19.3 Å². The molecule has 1 saturated carbocycles. The van der Waals surface area contributed by atoms with Gasteiger partial charge in [-0.3, -0.25) is 19.5 Å². The molecule has 18 heavy (non-hydrogen) atoms. The second-order valence-electron chi connectivity index (χ2n) is 4.27. The molecule has 1 rings (SSSR count). The average molecular weight is 280 g/mol. The zero-order valence-electron chi connectivity index (χ0n) is 9.82. The lowest BCUT2D eigenvalue weighted by Crippen LogP contribution is -2.45. The van der Waals surface area contributed by atoms with Crippen LogP contribution in [0.3, 0.4) is 0 Å². The highest BCUT2D eigenvalue weighted by Crippen LogP contribution is 2.24. The first-order valence-corrected chi connectivity index (χ1v) is 7.13. The van der Waals surface area contributed by atoms with Gasteiger partial charge in [-0.2, -0.15) is 8.42 Å². The van der Waals surface area contributed by atoms with Crippen molar-refractivity contribution in [2.24, 2.45) is 0 Å². The van der Waals surface area contributed by atoms with Crippen LogP contribution >= 0.6 is 0 Å². The van der Waals surface area contributed by atoms with Gasteiger partial charge in [0.25, 0.3) is 0 Å². The number of amides is 1. The standard InChI is InChI=1S/C9H16N2O6S/c12-9(6-7-10(13)14)11(18(15,16)17)8-4-2-1-3-5-8/h8H,1-7H2,(H,15,16,17). The van der Waals surface area contributed by atoms with E-state index in [2.05, 4.69) is 0 Å². The Bertz CT molecular complexity index is 415. The van der Waals surface area contributed by atoms with Gasteiger partial charge in [-0.25, -0.2) is 4.31 Å². The molecule has 0 bridgehead atoms. The van der Waals surface area contributed by atoms with Crippen LogP contribution in [0.15, 0.2) is 0 Å². The van der Waals surface area contributed by atoms with Crippen LogP contribution in [0, 0.1) is 10.1 Å². The predicted molar refractivity (Wildman–Crippen MR) is 61.7 cm³/mol. The molecule has 0 unspecified atom stereocenters. The van der Waals surface area contributed by atoms with E-state index in [1.165, 1.54) is 0 Å². The molecule has 104 valence electrons. The van der Waals surface area contributed by atoms with Gasteiger partial charge in [-0.05, 0) is 12.8 Å². The van der Waals surface area contributed by atoms with Crippen molar-refractivity contribution < 1.29 is 22.7 Å². The quantitative estimate of drug-likeness (QED) is 0.448. The summed E-state index contributed by atoms with van der Waals surface area (Å²) in [5.41, 5.74) is 0. The van der Waals surface area contributed by atoms with Crippen molar-refractivity contribution in [2.75, 3.05) is 6.54 Å². The van der Waals surface area contributed by atoms with Crippen molar-refractivity contribution in [2.45, 2.75) is 44.6 Å². The third kappa shape index (κ3) is 4.22. The number of carbonyl (C=O) groups is 1. The van der Waals surface area contributed by atoms with E-state index in [0.717, 1.165) is 19.3 Å². The fraction of sp³-hybridized carbons (Fsp3) is 0.889. The summed E-state index contributed by atoms with van der Waals surface area (Å²) in [7, 11) is -4.65. The van der Waals surface area contributed by atoms with Crippen LogP contribution in [-0.2, 0) is 15.1 Å². The Morgan fingerprint density at radius 2 is 1.89 bits per heavy atom. The molecule has 8 nitrogen and oxygen atoms in total. The summed E-state index contributed by atoms with van der Waals surface area (Å²) in [5.74, 6) is -0.916. The molecule has 0 aliphatic heterocycles. The monoisotopic (exact) mass is 280 g/mol. The minimum absolute atomic E-state index is 0.412. The van der Waals surface area contributed by atoms with Crippen molar-refractivity contribution in [3.63, 3.8) is 0 Å². The smallest absolute Gasteiger partial charge is 0.273 e. The maximum atomic E-state index is 11.7. The van der Waals surface area contributed by atoms with Gasteiger partial charge in [0.05, 0.1) is 12.5 Å². The molecule has 0 spiro atoms. The van der Waals surface area contributed by atoms with Crippen LogP contribution in [0.4, 0.5) is 0 Å². The Morgan fingerprint density at radius 1 is 1.33 bits per heavy atom. The molecule has 0 aromatic carbocycles. The Morgan fingerprint density at radius 3 is 2.33 bits per heavy atom.